The van der Waals surface area contributed by atoms with Gasteiger partial charge in [0, 0.05) is 38.0 Å². The number of likely N-dealkylation sites (tertiary alicyclic amines) is 1. The van der Waals surface area contributed by atoms with Crippen molar-refractivity contribution in [1.82, 2.24) is 15.1 Å². The fraction of sp³-hybridized carbons (Fsp3) is 0.368. The maximum absolute atomic E-state index is 12.3. The molecule has 3 amide bonds. The van der Waals surface area contributed by atoms with Crippen molar-refractivity contribution in [3.05, 3.63) is 57.8 Å². The summed E-state index contributed by atoms with van der Waals surface area (Å²) in [5.41, 5.74) is 2.15. The summed E-state index contributed by atoms with van der Waals surface area (Å²) < 4.78 is 0. The maximum atomic E-state index is 12.3. The minimum atomic E-state index is -0.0968. The van der Waals surface area contributed by atoms with Crippen LogP contribution in [0.1, 0.15) is 28.8 Å². The van der Waals surface area contributed by atoms with Gasteiger partial charge in [0.1, 0.15) is 0 Å². The highest BCUT2D eigenvalue weighted by molar-refractivity contribution is 7.09. The highest BCUT2D eigenvalue weighted by Gasteiger charge is 2.21. The Labute approximate surface area is 152 Å². The largest absolute Gasteiger partial charge is 0.338 e. The predicted octanol–water partition coefficient (Wildman–Crippen LogP) is 3.21. The van der Waals surface area contributed by atoms with Gasteiger partial charge in [0.15, 0.2) is 0 Å². The van der Waals surface area contributed by atoms with E-state index in [-0.39, 0.29) is 11.9 Å². The number of urea groups is 1. The number of benzene rings is 1. The van der Waals surface area contributed by atoms with E-state index in [1.807, 2.05) is 46.7 Å². The summed E-state index contributed by atoms with van der Waals surface area (Å²) >= 11 is 1.64. The van der Waals surface area contributed by atoms with Crippen LogP contribution in [0.25, 0.3) is 0 Å². The van der Waals surface area contributed by atoms with Crippen molar-refractivity contribution in [3.63, 3.8) is 0 Å². The lowest BCUT2D eigenvalue weighted by Gasteiger charge is -2.20. The second kappa shape index (κ2) is 8.16. The van der Waals surface area contributed by atoms with Crippen LogP contribution in [-0.2, 0) is 24.4 Å². The molecular weight excluding hydrogens is 334 g/mol. The molecule has 2 heterocycles. The molecule has 0 unspecified atom stereocenters. The highest BCUT2D eigenvalue weighted by Crippen LogP contribution is 2.17. The predicted molar refractivity (Wildman–Crippen MR) is 99.1 cm³/mol. The van der Waals surface area contributed by atoms with E-state index >= 15 is 0 Å². The van der Waals surface area contributed by atoms with E-state index in [9.17, 15) is 9.59 Å². The van der Waals surface area contributed by atoms with Crippen molar-refractivity contribution in [2.24, 2.45) is 0 Å². The molecule has 2 aromatic rings. The first-order chi connectivity index (χ1) is 12.1. The van der Waals surface area contributed by atoms with Gasteiger partial charge in [0.2, 0.25) is 5.91 Å². The van der Waals surface area contributed by atoms with Crippen LogP contribution in [-0.4, -0.2) is 35.3 Å². The van der Waals surface area contributed by atoms with Crippen LogP contribution < -0.4 is 5.32 Å². The zero-order valence-electron chi connectivity index (χ0n) is 14.4. The van der Waals surface area contributed by atoms with Gasteiger partial charge in [-0.3, -0.25) is 4.79 Å². The average Bonchev–Trinajstić information content (AvgIpc) is 3.26. The molecule has 1 N–H and O–H groups in total. The molecule has 1 aliphatic rings. The third-order valence-electron chi connectivity index (χ3n) is 4.40. The number of carbonyl (C=O) groups excluding carboxylic acids is 2. The van der Waals surface area contributed by atoms with Gasteiger partial charge in [-0.2, -0.15) is 0 Å². The third-order valence-corrected chi connectivity index (χ3v) is 5.26. The zero-order chi connectivity index (χ0) is 17.6. The molecule has 25 heavy (non-hydrogen) atoms. The molecule has 0 aliphatic carbocycles. The van der Waals surface area contributed by atoms with Gasteiger partial charge in [-0.05, 0) is 29.0 Å². The Kier molecular flexibility index (Phi) is 5.71. The third kappa shape index (κ3) is 4.60. The van der Waals surface area contributed by atoms with Crippen LogP contribution in [0, 0.1) is 0 Å². The summed E-state index contributed by atoms with van der Waals surface area (Å²) in [7, 11) is 1.80. The highest BCUT2D eigenvalue weighted by atomic mass is 32.1. The topological polar surface area (TPSA) is 52.7 Å². The van der Waals surface area contributed by atoms with Crippen molar-refractivity contribution >= 4 is 23.3 Å². The first kappa shape index (κ1) is 17.5. The lowest BCUT2D eigenvalue weighted by atomic mass is 10.1. The van der Waals surface area contributed by atoms with Gasteiger partial charge in [0.05, 0.1) is 6.54 Å². The molecule has 0 spiro atoms. The minimum absolute atomic E-state index is 0.0968. The number of thiophene rings is 1. The van der Waals surface area contributed by atoms with Gasteiger partial charge in [-0.15, -0.1) is 11.3 Å². The van der Waals surface area contributed by atoms with Crippen LogP contribution >= 0.6 is 11.3 Å². The quantitative estimate of drug-likeness (QED) is 0.863. The van der Waals surface area contributed by atoms with Crippen molar-refractivity contribution in [3.8, 4) is 0 Å². The van der Waals surface area contributed by atoms with Crippen molar-refractivity contribution in [2.45, 2.75) is 32.5 Å². The summed E-state index contributed by atoms with van der Waals surface area (Å²) in [4.78, 5) is 28.9. The molecule has 3 rings (SSSR count). The molecule has 0 bridgehead atoms. The molecule has 1 aliphatic heterocycles. The van der Waals surface area contributed by atoms with E-state index in [1.165, 1.54) is 0 Å². The van der Waals surface area contributed by atoms with E-state index in [2.05, 4.69) is 5.32 Å². The molecule has 1 fully saturated rings. The van der Waals surface area contributed by atoms with E-state index in [0.717, 1.165) is 29.0 Å². The smallest absolute Gasteiger partial charge is 0.317 e. The van der Waals surface area contributed by atoms with Gasteiger partial charge >= 0.3 is 6.03 Å². The molecule has 1 aromatic carbocycles. The van der Waals surface area contributed by atoms with E-state index in [4.69, 9.17) is 0 Å². The average molecular weight is 357 g/mol. The normalized spacial score (nSPS) is 14.0. The number of nitrogens with one attached hydrogen (secondary N) is 1. The Morgan fingerprint density at radius 1 is 1.24 bits per heavy atom. The Morgan fingerprint density at radius 2 is 2.04 bits per heavy atom. The van der Waals surface area contributed by atoms with Crippen molar-refractivity contribution in [1.29, 1.82) is 0 Å². The molecule has 1 aromatic heterocycles. The lowest BCUT2D eigenvalue weighted by molar-refractivity contribution is -0.128. The molecule has 5 nitrogen and oxygen atoms in total. The van der Waals surface area contributed by atoms with E-state index in [0.29, 0.717) is 26.1 Å². The summed E-state index contributed by atoms with van der Waals surface area (Å²) in [5, 5.41) is 4.99. The molecule has 1 saturated heterocycles. The number of hydrogen-bond donors (Lipinski definition) is 1. The molecule has 0 atom stereocenters. The van der Waals surface area contributed by atoms with E-state index < -0.39 is 0 Å². The zero-order valence-corrected chi connectivity index (χ0v) is 15.2. The Bertz CT molecular complexity index is 730. The SMILES string of the molecule is CN(Cc1cccs1)C(=O)NCc1ccccc1CN1CCCC1=O. The minimum Gasteiger partial charge on any atom is -0.338 e. The maximum Gasteiger partial charge on any atom is 0.317 e. The number of amides is 3. The van der Waals surface area contributed by atoms with Crippen LogP contribution in [0.15, 0.2) is 41.8 Å². The first-order valence-electron chi connectivity index (χ1n) is 8.49. The molecule has 0 saturated carbocycles. The van der Waals surface area contributed by atoms with Gasteiger partial charge in [0.25, 0.3) is 0 Å². The van der Waals surface area contributed by atoms with E-state index in [1.54, 1.807) is 23.3 Å². The van der Waals surface area contributed by atoms with Crippen LogP contribution in [0.3, 0.4) is 0 Å². The molecule has 6 heteroatoms. The van der Waals surface area contributed by atoms with Crippen molar-refractivity contribution < 1.29 is 9.59 Å². The van der Waals surface area contributed by atoms with Crippen LogP contribution in [0.5, 0.6) is 0 Å². The van der Waals surface area contributed by atoms with Gasteiger partial charge in [-0.1, -0.05) is 30.3 Å². The summed E-state index contributed by atoms with van der Waals surface area (Å²) in [6, 6.07) is 11.9. The monoisotopic (exact) mass is 357 g/mol. The lowest BCUT2D eigenvalue weighted by Crippen LogP contribution is -2.36. The standard InChI is InChI=1S/C19H23N3O2S/c1-21(14-17-8-5-11-25-17)19(24)20-12-15-6-2-3-7-16(15)13-22-10-4-9-18(22)23/h2-3,5-8,11H,4,9-10,12-14H2,1H3,(H,20,24). The molecule has 132 valence electrons. The van der Waals surface area contributed by atoms with Crippen LogP contribution in [0.2, 0.25) is 0 Å². The van der Waals surface area contributed by atoms with Crippen molar-refractivity contribution in [2.75, 3.05) is 13.6 Å². The molecular formula is C19H23N3O2S. The second-order valence-corrected chi connectivity index (χ2v) is 7.31. The fourth-order valence-electron chi connectivity index (χ4n) is 2.97. The summed E-state index contributed by atoms with van der Waals surface area (Å²) in [6.07, 6.45) is 1.58. The second-order valence-electron chi connectivity index (χ2n) is 6.28. The van der Waals surface area contributed by atoms with Crippen LogP contribution in [0.4, 0.5) is 4.79 Å². The van der Waals surface area contributed by atoms with Gasteiger partial charge < -0.3 is 15.1 Å². The summed E-state index contributed by atoms with van der Waals surface area (Å²) in [5.74, 6) is 0.217. The number of rotatable bonds is 6. The first-order valence-corrected chi connectivity index (χ1v) is 9.37. The number of nitrogens with zero attached hydrogens (tertiary/aromatic N) is 2. The summed E-state index contributed by atoms with van der Waals surface area (Å²) in [6.45, 7) is 2.51. The fourth-order valence-corrected chi connectivity index (χ4v) is 3.73. The Balaban J connectivity index is 1.57. The van der Waals surface area contributed by atoms with Gasteiger partial charge in [-0.25, -0.2) is 4.79 Å². The number of hydrogen-bond acceptors (Lipinski definition) is 3. The molecule has 0 radical (unpaired) electrons. The number of carbonyl (C=O) groups is 2. The Hall–Kier alpha value is -2.34. The Morgan fingerprint density at radius 3 is 2.72 bits per heavy atom.